The van der Waals surface area contributed by atoms with Crippen LogP contribution in [0.4, 0.5) is 24.7 Å². The van der Waals surface area contributed by atoms with Gasteiger partial charge in [0, 0.05) is 12.0 Å². The van der Waals surface area contributed by atoms with Gasteiger partial charge in [-0.1, -0.05) is 5.16 Å². The van der Waals surface area contributed by atoms with Crippen molar-refractivity contribution in [2.75, 3.05) is 11.9 Å². The molecule has 1 aliphatic heterocycles. The molecule has 1 aromatic rings. The summed E-state index contributed by atoms with van der Waals surface area (Å²) >= 11 is 0. The van der Waals surface area contributed by atoms with Crippen molar-refractivity contribution in [2.24, 2.45) is 5.16 Å². The highest BCUT2D eigenvalue weighted by Crippen LogP contribution is 2.26. The Kier molecular flexibility index (Phi) is 3.96. The lowest BCUT2D eigenvalue weighted by Crippen LogP contribution is -2.26. The number of halogens is 3. The average molecular weight is 304 g/mol. The Labute approximate surface area is 116 Å². The minimum absolute atomic E-state index is 0.0628. The van der Waals surface area contributed by atoms with Gasteiger partial charge in [0.1, 0.15) is 18.1 Å². The molecule has 21 heavy (non-hydrogen) atoms. The van der Waals surface area contributed by atoms with Crippen LogP contribution in [0.25, 0.3) is 0 Å². The smallest absolute Gasteiger partial charge is 0.390 e. The van der Waals surface area contributed by atoms with E-state index in [4.69, 9.17) is 0 Å². The maximum atomic E-state index is 12.4. The molecule has 2 rings (SSSR count). The van der Waals surface area contributed by atoms with Gasteiger partial charge in [-0.15, -0.1) is 0 Å². The summed E-state index contributed by atoms with van der Waals surface area (Å²) in [5.41, 5.74) is -0.681. The zero-order valence-electron chi connectivity index (χ0n) is 10.8. The molecule has 1 aromatic heterocycles. The van der Waals surface area contributed by atoms with E-state index in [0.717, 1.165) is 6.20 Å². The minimum atomic E-state index is -4.49. The third-order valence-electron chi connectivity index (χ3n) is 2.85. The van der Waals surface area contributed by atoms with Crippen molar-refractivity contribution in [3.8, 4) is 0 Å². The summed E-state index contributed by atoms with van der Waals surface area (Å²) in [6.45, 7) is 1.61. The lowest BCUT2D eigenvalue weighted by atomic mass is 10.1. The Bertz CT molecular complexity index is 589. The molecule has 0 fully saturated rings. The lowest BCUT2D eigenvalue weighted by Gasteiger charge is -2.11. The number of hydrogen-bond donors (Lipinski definition) is 1. The highest BCUT2D eigenvalue weighted by Gasteiger charge is 2.41. The van der Waals surface area contributed by atoms with Crippen LogP contribution in [0.1, 0.15) is 12.0 Å². The first-order valence-electron chi connectivity index (χ1n) is 5.92. The number of alkyl halides is 3. The van der Waals surface area contributed by atoms with Crippen LogP contribution in [-0.4, -0.2) is 34.4 Å². The molecule has 1 unspecified atom stereocenters. The van der Waals surface area contributed by atoms with Crippen molar-refractivity contribution in [1.82, 2.24) is 4.98 Å². The molecule has 2 heterocycles. The fraction of sp³-hybridized carbons (Fsp3) is 0.455. The highest BCUT2D eigenvalue weighted by molar-refractivity contribution is 5.90. The maximum absolute atomic E-state index is 12.4. The normalized spacial score (nSPS) is 18.1. The molecule has 0 spiro atoms. The molecule has 0 aromatic carbocycles. The van der Waals surface area contributed by atoms with Gasteiger partial charge in [0.15, 0.2) is 5.71 Å². The molecule has 10 heteroatoms. The Morgan fingerprint density at radius 1 is 1.57 bits per heavy atom. The summed E-state index contributed by atoms with van der Waals surface area (Å²) < 4.78 is 37.1. The van der Waals surface area contributed by atoms with Crippen LogP contribution >= 0.6 is 0 Å². The summed E-state index contributed by atoms with van der Waals surface area (Å²) in [6, 6.07) is 1.44. The number of anilines is 1. The van der Waals surface area contributed by atoms with Crippen molar-refractivity contribution >= 4 is 17.2 Å². The van der Waals surface area contributed by atoms with Gasteiger partial charge in [-0.2, -0.15) is 13.2 Å². The van der Waals surface area contributed by atoms with Crippen LogP contribution < -0.4 is 5.32 Å². The second kappa shape index (κ2) is 5.54. The Morgan fingerprint density at radius 3 is 2.81 bits per heavy atom. The van der Waals surface area contributed by atoms with Crippen LogP contribution in [0.3, 0.4) is 0 Å². The van der Waals surface area contributed by atoms with E-state index < -0.39 is 22.9 Å². The molecule has 0 bridgehead atoms. The Morgan fingerprint density at radius 2 is 2.29 bits per heavy atom. The molecule has 0 amide bonds. The average Bonchev–Trinajstić information content (AvgIpc) is 2.84. The summed E-state index contributed by atoms with van der Waals surface area (Å²) in [7, 11) is 0. The molecular weight excluding hydrogens is 293 g/mol. The fourth-order valence-electron chi connectivity index (χ4n) is 1.76. The van der Waals surface area contributed by atoms with Crippen molar-refractivity contribution in [3.63, 3.8) is 0 Å². The number of pyridine rings is 1. The zero-order chi connectivity index (χ0) is 15.6. The lowest BCUT2D eigenvalue weighted by molar-refractivity contribution is -0.385. The largest absolute Gasteiger partial charge is 0.432 e. The first-order valence-corrected chi connectivity index (χ1v) is 5.92. The molecule has 0 radical (unpaired) electrons. The molecule has 1 aliphatic rings. The van der Waals surface area contributed by atoms with Gasteiger partial charge in [-0.3, -0.25) is 10.1 Å². The molecule has 114 valence electrons. The number of rotatable bonds is 4. The zero-order valence-corrected chi connectivity index (χ0v) is 10.8. The van der Waals surface area contributed by atoms with Gasteiger partial charge in [0.05, 0.1) is 11.5 Å². The summed E-state index contributed by atoms with van der Waals surface area (Å²) in [5, 5.41) is 16.4. The number of nitrogens with zero attached hydrogens (tertiary/aromatic N) is 3. The third kappa shape index (κ3) is 3.58. The van der Waals surface area contributed by atoms with Crippen LogP contribution in [0.15, 0.2) is 17.4 Å². The van der Waals surface area contributed by atoms with E-state index in [0.29, 0.717) is 11.4 Å². The van der Waals surface area contributed by atoms with E-state index in [2.05, 4.69) is 20.3 Å². The van der Waals surface area contributed by atoms with Crippen LogP contribution in [0, 0.1) is 17.0 Å². The standard InChI is InChI=1S/C11H11F3N4O3/c1-6-2-10(16-5-8(6)18(19)20)15-4-7-3-9(17-21-7)11(12,13)14/h2,5,7H,3-4H2,1H3,(H,15,16). The first-order chi connectivity index (χ1) is 9.77. The molecule has 7 nitrogen and oxygen atoms in total. The van der Waals surface area contributed by atoms with Gasteiger partial charge < -0.3 is 10.2 Å². The number of aryl methyl sites for hydroxylation is 1. The number of nitrogens with one attached hydrogen (secondary N) is 1. The van der Waals surface area contributed by atoms with E-state index in [1.54, 1.807) is 6.92 Å². The van der Waals surface area contributed by atoms with Gasteiger partial charge in [-0.25, -0.2) is 4.98 Å². The third-order valence-corrected chi connectivity index (χ3v) is 2.85. The van der Waals surface area contributed by atoms with Crippen LogP contribution in [-0.2, 0) is 4.84 Å². The summed E-state index contributed by atoms with van der Waals surface area (Å²) in [4.78, 5) is 18.6. The fourth-order valence-corrected chi connectivity index (χ4v) is 1.76. The molecule has 1 atom stereocenters. The van der Waals surface area contributed by atoms with E-state index in [-0.39, 0.29) is 18.7 Å². The van der Waals surface area contributed by atoms with Crippen LogP contribution in [0.2, 0.25) is 0 Å². The Balaban J connectivity index is 1.91. The SMILES string of the molecule is Cc1cc(NCC2CC(C(F)(F)F)=NO2)ncc1[N+](=O)[O-]. The summed E-state index contributed by atoms with van der Waals surface area (Å²) in [5.74, 6) is 0.321. The number of hydrogen-bond acceptors (Lipinski definition) is 6. The second-order valence-corrected chi connectivity index (χ2v) is 4.46. The van der Waals surface area contributed by atoms with Crippen molar-refractivity contribution in [3.05, 3.63) is 27.9 Å². The van der Waals surface area contributed by atoms with Crippen LogP contribution in [0.5, 0.6) is 0 Å². The first kappa shape index (κ1) is 15.0. The number of nitro groups is 1. The quantitative estimate of drug-likeness (QED) is 0.681. The van der Waals surface area contributed by atoms with Crippen molar-refractivity contribution < 1.29 is 22.9 Å². The topological polar surface area (TPSA) is 89.7 Å². The molecule has 0 saturated heterocycles. The highest BCUT2D eigenvalue weighted by atomic mass is 19.4. The molecule has 0 aliphatic carbocycles. The van der Waals surface area contributed by atoms with E-state index in [1.165, 1.54) is 6.07 Å². The van der Waals surface area contributed by atoms with E-state index >= 15 is 0 Å². The summed E-state index contributed by atoms with van der Waals surface area (Å²) in [6.07, 6.45) is -4.50. The van der Waals surface area contributed by atoms with Crippen molar-refractivity contribution in [1.29, 1.82) is 0 Å². The Hall–Kier alpha value is -2.39. The molecule has 0 saturated carbocycles. The van der Waals surface area contributed by atoms with Gasteiger partial charge in [0.2, 0.25) is 0 Å². The maximum Gasteiger partial charge on any atom is 0.432 e. The second-order valence-electron chi connectivity index (χ2n) is 4.46. The number of aromatic nitrogens is 1. The molecule has 1 N–H and O–H groups in total. The predicted molar refractivity (Wildman–Crippen MR) is 67.1 cm³/mol. The number of oxime groups is 1. The predicted octanol–water partition coefficient (Wildman–Crippen LogP) is 2.42. The monoisotopic (exact) mass is 304 g/mol. The molecular formula is C11H11F3N4O3. The van der Waals surface area contributed by atoms with E-state index in [9.17, 15) is 23.3 Å². The van der Waals surface area contributed by atoms with Crippen molar-refractivity contribution in [2.45, 2.75) is 25.6 Å². The van der Waals surface area contributed by atoms with E-state index in [1.807, 2.05) is 0 Å². The van der Waals surface area contributed by atoms with Gasteiger partial charge >= 0.3 is 6.18 Å². The van der Waals surface area contributed by atoms with Gasteiger partial charge in [0.25, 0.3) is 5.69 Å². The minimum Gasteiger partial charge on any atom is -0.390 e. The van der Waals surface area contributed by atoms with Gasteiger partial charge in [-0.05, 0) is 13.0 Å².